The number of nitrogens with two attached hydrogens (primary N) is 1. The van der Waals surface area contributed by atoms with Gasteiger partial charge in [-0.2, -0.15) is 13.2 Å². The average Bonchev–Trinajstić information content (AvgIpc) is 2.74. The highest BCUT2D eigenvalue weighted by molar-refractivity contribution is 7.12. The number of hydrogen-bond acceptors (Lipinski definition) is 4. The van der Waals surface area contributed by atoms with Crippen LogP contribution in [-0.2, 0) is 11.3 Å². The molecule has 3 N–H and O–H groups in total. The van der Waals surface area contributed by atoms with Gasteiger partial charge in [0, 0.05) is 18.6 Å². The number of nitrogen functional groups attached to an aromatic ring is 1. The van der Waals surface area contributed by atoms with Crippen LogP contribution < -0.4 is 11.3 Å². The highest BCUT2D eigenvalue weighted by Crippen LogP contribution is 2.21. The van der Waals surface area contributed by atoms with Crippen molar-refractivity contribution in [3.63, 3.8) is 0 Å². The molecule has 1 heterocycles. The molecule has 0 fully saturated rings. The van der Waals surface area contributed by atoms with Crippen LogP contribution in [0.15, 0.2) is 11.4 Å². The van der Waals surface area contributed by atoms with E-state index in [-0.39, 0.29) is 19.6 Å². The SMILES string of the molecule is NNC(=O)c1sccc1COCCCC(F)(F)F. The topological polar surface area (TPSA) is 64.3 Å². The number of halogens is 3. The first-order valence-electron chi connectivity index (χ1n) is 5.16. The van der Waals surface area contributed by atoms with Gasteiger partial charge in [-0.1, -0.05) is 0 Å². The molecular weight excluding hydrogens is 269 g/mol. The van der Waals surface area contributed by atoms with Crippen molar-refractivity contribution in [3.05, 3.63) is 21.9 Å². The molecule has 8 heteroatoms. The molecule has 1 rings (SSSR count). The Balaban J connectivity index is 2.32. The van der Waals surface area contributed by atoms with Gasteiger partial charge in [0.05, 0.1) is 11.5 Å². The van der Waals surface area contributed by atoms with Crippen LogP contribution in [0.2, 0.25) is 0 Å². The second-order valence-corrected chi connectivity index (χ2v) is 4.44. The quantitative estimate of drug-likeness (QED) is 0.364. The zero-order chi connectivity index (χ0) is 13.6. The molecule has 0 saturated carbocycles. The molecule has 0 saturated heterocycles. The van der Waals surface area contributed by atoms with E-state index in [4.69, 9.17) is 10.6 Å². The summed E-state index contributed by atoms with van der Waals surface area (Å²) in [5.41, 5.74) is 2.62. The molecule has 0 bridgehead atoms. The van der Waals surface area contributed by atoms with Gasteiger partial charge >= 0.3 is 6.18 Å². The van der Waals surface area contributed by atoms with Crippen molar-refractivity contribution in [3.8, 4) is 0 Å². The first-order chi connectivity index (χ1) is 8.44. The Morgan fingerprint density at radius 2 is 2.22 bits per heavy atom. The van der Waals surface area contributed by atoms with Gasteiger partial charge in [0.2, 0.25) is 0 Å². The smallest absolute Gasteiger partial charge is 0.377 e. The van der Waals surface area contributed by atoms with Gasteiger partial charge in [-0.3, -0.25) is 10.2 Å². The molecular formula is C10H13F3N2O2S. The van der Waals surface area contributed by atoms with E-state index in [2.05, 4.69) is 0 Å². The number of rotatable bonds is 6. The Bertz CT molecular complexity index is 393. The molecule has 0 aromatic carbocycles. The van der Waals surface area contributed by atoms with Gasteiger partial charge in [-0.05, 0) is 17.9 Å². The second-order valence-electron chi connectivity index (χ2n) is 3.52. The number of nitrogens with one attached hydrogen (secondary N) is 1. The minimum Gasteiger partial charge on any atom is -0.377 e. The minimum absolute atomic E-state index is 0.000952. The van der Waals surface area contributed by atoms with Gasteiger partial charge in [-0.15, -0.1) is 11.3 Å². The van der Waals surface area contributed by atoms with Gasteiger partial charge < -0.3 is 4.74 Å². The Kier molecular flexibility index (Phi) is 5.57. The third-order valence-electron chi connectivity index (χ3n) is 2.09. The van der Waals surface area contributed by atoms with E-state index in [1.54, 1.807) is 11.4 Å². The first kappa shape index (κ1) is 14.9. The first-order valence-corrected chi connectivity index (χ1v) is 6.04. The molecule has 18 heavy (non-hydrogen) atoms. The maximum absolute atomic E-state index is 11.9. The highest BCUT2D eigenvalue weighted by Gasteiger charge is 2.25. The number of carbonyl (C=O) groups is 1. The van der Waals surface area contributed by atoms with E-state index in [0.29, 0.717) is 10.4 Å². The van der Waals surface area contributed by atoms with Crippen LogP contribution >= 0.6 is 11.3 Å². The zero-order valence-corrected chi connectivity index (χ0v) is 10.2. The molecule has 4 nitrogen and oxygen atoms in total. The van der Waals surface area contributed by atoms with Gasteiger partial charge in [0.25, 0.3) is 5.91 Å². The molecule has 0 aliphatic carbocycles. The van der Waals surface area contributed by atoms with E-state index in [1.165, 1.54) is 11.3 Å². The maximum atomic E-state index is 11.9. The molecule has 0 spiro atoms. The fraction of sp³-hybridized carbons (Fsp3) is 0.500. The third kappa shape index (κ3) is 5.03. The van der Waals surface area contributed by atoms with Crippen LogP contribution in [0.5, 0.6) is 0 Å². The van der Waals surface area contributed by atoms with Crippen molar-refractivity contribution in [2.75, 3.05) is 6.61 Å². The van der Waals surface area contributed by atoms with E-state index in [0.717, 1.165) is 0 Å². The Hall–Kier alpha value is -1.12. The van der Waals surface area contributed by atoms with Crippen molar-refractivity contribution in [1.29, 1.82) is 0 Å². The summed E-state index contributed by atoms with van der Waals surface area (Å²) < 4.78 is 40.6. The van der Waals surface area contributed by atoms with E-state index in [1.807, 2.05) is 5.43 Å². The number of hydrogen-bond donors (Lipinski definition) is 2. The number of amides is 1. The predicted octanol–water partition coefficient (Wildman–Crippen LogP) is 2.21. The van der Waals surface area contributed by atoms with Crippen LogP contribution in [0, 0.1) is 0 Å². The molecule has 0 radical (unpaired) electrons. The summed E-state index contributed by atoms with van der Waals surface area (Å²) in [5, 5.41) is 1.69. The van der Waals surface area contributed by atoms with Gasteiger partial charge in [-0.25, -0.2) is 5.84 Å². The van der Waals surface area contributed by atoms with Crippen LogP contribution in [-0.4, -0.2) is 18.7 Å². The third-order valence-corrected chi connectivity index (χ3v) is 3.05. The molecule has 1 aromatic heterocycles. The highest BCUT2D eigenvalue weighted by atomic mass is 32.1. The zero-order valence-electron chi connectivity index (χ0n) is 9.42. The summed E-state index contributed by atoms with van der Waals surface area (Å²) in [6.07, 6.45) is -5.12. The number of thiophene rings is 1. The lowest BCUT2D eigenvalue weighted by atomic mass is 10.2. The number of hydrazine groups is 1. The Morgan fingerprint density at radius 1 is 1.50 bits per heavy atom. The summed E-state index contributed by atoms with van der Waals surface area (Å²) in [4.78, 5) is 11.7. The van der Waals surface area contributed by atoms with E-state index >= 15 is 0 Å². The Labute approximate surface area is 106 Å². The monoisotopic (exact) mass is 282 g/mol. The predicted molar refractivity (Wildman–Crippen MR) is 60.9 cm³/mol. The molecule has 0 aliphatic heterocycles. The average molecular weight is 282 g/mol. The van der Waals surface area contributed by atoms with E-state index < -0.39 is 18.5 Å². The summed E-state index contributed by atoms with van der Waals surface area (Å²) in [7, 11) is 0. The largest absolute Gasteiger partial charge is 0.389 e. The lowest BCUT2D eigenvalue weighted by Crippen LogP contribution is -2.30. The molecule has 0 aliphatic rings. The van der Waals surface area contributed by atoms with Gasteiger partial charge in [0.15, 0.2) is 0 Å². The second kappa shape index (κ2) is 6.72. The van der Waals surface area contributed by atoms with Crippen molar-refractivity contribution in [2.45, 2.75) is 25.6 Å². The van der Waals surface area contributed by atoms with Crippen LogP contribution in [0.1, 0.15) is 28.1 Å². The molecule has 0 atom stereocenters. The minimum atomic E-state index is -4.16. The van der Waals surface area contributed by atoms with E-state index in [9.17, 15) is 18.0 Å². The molecule has 1 aromatic rings. The standard InChI is InChI=1S/C10H13F3N2O2S/c11-10(12,13)3-1-4-17-6-7-2-5-18-8(7)9(16)15-14/h2,5H,1,3-4,6,14H2,(H,15,16). The summed E-state index contributed by atoms with van der Waals surface area (Å²) in [6.45, 7) is 0.100. The lowest BCUT2D eigenvalue weighted by molar-refractivity contribution is -0.138. The Morgan fingerprint density at radius 3 is 2.83 bits per heavy atom. The lowest BCUT2D eigenvalue weighted by Gasteiger charge is -2.07. The fourth-order valence-electron chi connectivity index (χ4n) is 1.27. The molecule has 0 unspecified atom stereocenters. The van der Waals surface area contributed by atoms with Gasteiger partial charge in [0.1, 0.15) is 0 Å². The molecule has 102 valence electrons. The summed E-state index contributed by atoms with van der Waals surface area (Å²) >= 11 is 1.20. The number of ether oxygens (including phenoxy) is 1. The molecule has 1 amide bonds. The number of alkyl halides is 3. The van der Waals surface area contributed by atoms with Crippen molar-refractivity contribution < 1.29 is 22.7 Å². The fourth-order valence-corrected chi connectivity index (χ4v) is 2.08. The summed E-state index contributed by atoms with van der Waals surface area (Å²) in [5.74, 6) is 4.57. The van der Waals surface area contributed by atoms with Crippen LogP contribution in [0.3, 0.4) is 0 Å². The van der Waals surface area contributed by atoms with Crippen molar-refractivity contribution >= 4 is 17.2 Å². The number of carbonyl (C=O) groups excluding carboxylic acids is 1. The van der Waals surface area contributed by atoms with Crippen molar-refractivity contribution in [1.82, 2.24) is 5.43 Å². The normalized spacial score (nSPS) is 11.6. The van der Waals surface area contributed by atoms with Crippen LogP contribution in [0.4, 0.5) is 13.2 Å². The van der Waals surface area contributed by atoms with Crippen molar-refractivity contribution in [2.24, 2.45) is 5.84 Å². The summed E-state index contributed by atoms with van der Waals surface area (Å²) in [6, 6.07) is 1.68. The maximum Gasteiger partial charge on any atom is 0.389 e. The van der Waals surface area contributed by atoms with Crippen LogP contribution in [0.25, 0.3) is 0 Å².